The molecule has 0 aliphatic carbocycles. The molecule has 3 N–H and O–H groups in total. The van der Waals surface area contributed by atoms with Crippen LogP contribution >= 0.6 is 15.9 Å². The monoisotopic (exact) mass is 351 g/mol. The van der Waals surface area contributed by atoms with E-state index in [1.165, 1.54) is 12.1 Å². The molecule has 4 heteroatoms. The number of hydrogen-bond acceptors (Lipinski definition) is 2. The van der Waals surface area contributed by atoms with E-state index in [9.17, 15) is 9.50 Å². The average molecular weight is 352 g/mol. The highest BCUT2D eigenvalue weighted by Crippen LogP contribution is 2.32. The summed E-state index contributed by atoms with van der Waals surface area (Å²) >= 11 is 3.39. The zero-order valence-corrected chi connectivity index (χ0v) is 13.5. The Hall–Kier alpha value is -1.23. The van der Waals surface area contributed by atoms with Crippen molar-refractivity contribution >= 4 is 15.9 Å². The van der Waals surface area contributed by atoms with Crippen LogP contribution in [0.4, 0.5) is 4.39 Å². The van der Waals surface area contributed by atoms with Crippen LogP contribution in [0.5, 0.6) is 0 Å². The molecule has 0 aliphatic heterocycles. The molecule has 2 aromatic rings. The smallest absolute Gasteiger partial charge is 0.124 e. The quantitative estimate of drug-likeness (QED) is 0.867. The van der Waals surface area contributed by atoms with Gasteiger partial charge in [0.2, 0.25) is 0 Å². The van der Waals surface area contributed by atoms with Crippen LogP contribution in [0, 0.1) is 12.7 Å². The van der Waals surface area contributed by atoms with Crippen LogP contribution < -0.4 is 5.73 Å². The predicted molar refractivity (Wildman–Crippen MR) is 86.8 cm³/mol. The molecule has 0 aromatic heterocycles. The van der Waals surface area contributed by atoms with Crippen LogP contribution in [0.1, 0.15) is 16.7 Å². The van der Waals surface area contributed by atoms with E-state index >= 15 is 0 Å². The van der Waals surface area contributed by atoms with Gasteiger partial charge in [0.05, 0.1) is 6.61 Å². The number of aliphatic hydroxyl groups excluding tert-OH is 1. The fourth-order valence-corrected chi connectivity index (χ4v) is 3.17. The van der Waals surface area contributed by atoms with Crippen molar-refractivity contribution in [2.45, 2.75) is 18.8 Å². The van der Waals surface area contributed by atoms with Gasteiger partial charge >= 0.3 is 0 Å². The van der Waals surface area contributed by atoms with Gasteiger partial charge in [-0.05, 0) is 42.2 Å². The Morgan fingerprint density at radius 1 is 1.24 bits per heavy atom. The second-order valence-electron chi connectivity index (χ2n) is 5.37. The summed E-state index contributed by atoms with van der Waals surface area (Å²) in [5, 5.41) is 9.99. The van der Waals surface area contributed by atoms with Crippen molar-refractivity contribution in [2.24, 2.45) is 5.73 Å². The third-order valence-electron chi connectivity index (χ3n) is 3.95. The number of rotatable bonds is 5. The second kappa shape index (κ2) is 6.69. The van der Waals surface area contributed by atoms with Crippen molar-refractivity contribution in [1.82, 2.24) is 0 Å². The summed E-state index contributed by atoms with van der Waals surface area (Å²) < 4.78 is 13.9. The SMILES string of the molecule is Cc1ccccc1C(CN)(CO)Cc1ccc(F)cc1Br. The van der Waals surface area contributed by atoms with Crippen LogP contribution in [0.15, 0.2) is 46.9 Å². The molecule has 0 aliphatic rings. The van der Waals surface area contributed by atoms with Gasteiger partial charge < -0.3 is 10.8 Å². The van der Waals surface area contributed by atoms with Gasteiger partial charge in [-0.15, -0.1) is 0 Å². The van der Waals surface area contributed by atoms with E-state index in [4.69, 9.17) is 5.73 Å². The molecule has 2 rings (SSSR count). The minimum Gasteiger partial charge on any atom is -0.395 e. The van der Waals surface area contributed by atoms with Gasteiger partial charge in [-0.1, -0.05) is 46.3 Å². The van der Waals surface area contributed by atoms with Gasteiger partial charge in [0, 0.05) is 16.4 Å². The number of benzene rings is 2. The molecule has 2 aromatic carbocycles. The Morgan fingerprint density at radius 3 is 2.52 bits per heavy atom. The van der Waals surface area contributed by atoms with Crippen molar-refractivity contribution in [1.29, 1.82) is 0 Å². The first-order chi connectivity index (χ1) is 10.0. The maximum absolute atomic E-state index is 13.2. The third kappa shape index (κ3) is 3.34. The third-order valence-corrected chi connectivity index (χ3v) is 4.69. The standard InChI is InChI=1S/C17H19BrFNO/c1-12-4-2-3-5-15(12)17(10-20,11-21)9-13-6-7-14(19)8-16(13)18/h2-8,21H,9-11,20H2,1H3. The minimum atomic E-state index is -0.564. The lowest BCUT2D eigenvalue weighted by molar-refractivity contribution is 0.195. The fraction of sp³-hybridized carbons (Fsp3) is 0.294. The summed E-state index contributed by atoms with van der Waals surface area (Å²) in [5.41, 5.74) is 8.49. The molecule has 0 saturated heterocycles. The summed E-state index contributed by atoms with van der Waals surface area (Å²) in [5.74, 6) is -0.288. The molecule has 0 radical (unpaired) electrons. The van der Waals surface area contributed by atoms with Crippen LogP contribution in [0.2, 0.25) is 0 Å². The Balaban J connectivity index is 2.46. The van der Waals surface area contributed by atoms with Gasteiger partial charge in [-0.3, -0.25) is 0 Å². The molecular formula is C17H19BrFNO. The molecule has 0 heterocycles. The number of halogens is 2. The zero-order chi connectivity index (χ0) is 15.5. The zero-order valence-electron chi connectivity index (χ0n) is 11.9. The van der Waals surface area contributed by atoms with Crippen molar-refractivity contribution < 1.29 is 9.50 Å². The largest absolute Gasteiger partial charge is 0.395 e. The molecule has 0 saturated carbocycles. The van der Waals surface area contributed by atoms with E-state index in [1.54, 1.807) is 6.07 Å². The van der Waals surface area contributed by atoms with Crippen LogP contribution in [0.3, 0.4) is 0 Å². The van der Waals surface area contributed by atoms with Crippen LogP contribution in [-0.2, 0) is 11.8 Å². The minimum absolute atomic E-state index is 0.0574. The topological polar surface area (TPSA) is 46.2 Å². The molecule has 1 atom stereocenters. The number of hydrogen-bond donors (Lipinski definition) is 2. The Kier molecular flexibility index (Phi) is 5.14. The average Bonchev–Trinajstić information content (AvgIpc) is 2.48. The van der Waals surface area contributed by atoms with Crippen molar-refractivity contribution in [2.75, 3.05) is 13.2 Å². The molecule has 112 valence electrons. The molecule has 0 bridgehead atoms. The molecule has 1 unspecified atom stereocenters. The predicted octanol–water partition coefficient (Wildman–Crippen LogP) is 3.33. The number of aliphatic hydroxyl groups is 1. The van der Waals surface area contributed by atoms with Gasteiger partial charge in [-0.25, -0.2) is 4.39 Å². The van der Waals surface area contributed by atoms with Gasteiger partial charge in [0.1, 0.15) is 5.82 Å². The summed E-state index contributed by atoms with van der Waals surface area (Å²) in [7, 11) is 0. The fourth-order valence-electron chi connectivity index (χ4n) is 2.68. The van der Waals surface area contributed by atoms with Crippen molar-refractivity contribution in [3.8, 4) is 0 Å². The lowest BCUT2D eigenvalue weighted by Crippen LogP contribution is -2.41. The number of nitrogens with two attached hydrogens (primary N) is 1. The first-order valence-corrected chi connectivity index (χ1v) is 7.63. The maximum Gasteiger partial charge on any atom is 0.124 e. The van der Waals surface area contributed by atoms with E-state index in [0.29, 0.717) is 17.4 Å². The van der Waals surface area contributed by atoms with E-state index < -0.39 is 5.41 Å². The molecule has 21 heavy (non-hydrogen) atoms. The van der Waals surface area contributed by atoms with Gasteiger partial charge in [0.15, 0.2) is 0 Å². The highest BCUT2D eigenvalue weighted by molar-refractivity contribution is 9.10. The maximum atomic E-state index is 13.2. The van der Waals surface area contributed by atoms with Crippen LogP contribution in [-0.4, -0.2) is 18.3 Å². The van der Waals surface area contributed by atoms with E-state index in [-0.39, 0.29) is 12.4 Å². The first kappa shape index (κ1) is 16.1. The van der Waals surface area contributed by atoms with E-state index in [0.717, 1.165) is 16.7 Å². The summed E-state index contributed by atoms with van der Waals surface area (Å²) in [6.07, 6.45) is 0.547. The molecule has 0 spiro atoms. The van der Waals surface area contributed by atoms with E-state index in [1.807, 2.05) is 31.2 Å². The Bertz CT molecular complexity index is 626. The molecule has 0 fully saturated rings. The number of aryl methyl sites for hydroxylation is 1. The Labute approximate surface area is 132 Å². The highest BCUT2D eigenvalue weighted by Gasteiger charge is 2.32. The van der Waals surface area contributed by atoms with E-state index in [2.05, 4.69) is 15.9 Å². The lowest BCUT2D eigenvalue weighted by Gasteiger charge is -2.33. The highest BCUT2D eigenvalue weighted by atomic mass is 79.9. The molecular weight excluding hydrogens is 333 g/mol. The van der Waals surface area contributed by atoms with Crippen molar-refractivity contribution in [3.05, 3.63) is 69.4 Å². The normalized spacial score (nSPS) is 14.0. The van der Waals surface area contributed by atoms with Gasteiger partial charge in [-0.2, -0.15) is 0 Å². The van der Waals surface area contributed by atoms with Crippen LogP contribution in [0.25, 0.3) is 0 Å². The summed E-state index contributed by atoms with van der Waals surface area (Å²) in [6, 6.07) is 12.5. The van der Waals surface area contributed by atoms with Gasteiger partial charge in [0.25, 0.3) is 0 Å². The Morgan fingerprint density at radius 2 is 1.95 bits per heavy atom. The molecule has 2 nitrogen and oxygen atoms in total. The summed E-state index contributed by atoms with van der Waals surface area (Å²) in [6.45, 7) is 2.27. The summed E-state index contributed by atoms with van der Waals surface area (Å²) in [4.78, 5) is 0. The lowest BCUT2D eigenvalue weighted by atomic mass is 9.74. The first-order valence-electron chi connectivity index (χ1n) is 6.83. The van der Waals surface area contributed by atoms with Crippen molar-refractivity contribution in [3.63, 3.8) is 0 Å². The molecule has 0 amide bonds. The second-order valence-corrected chi connectivity index (χ2v) is 6.22.